The summed E-state index contributed by atoms with van der Waals surface area (Å²) < 4.78 is 0. The topological polar surface area (TPSA) is 66.5 Å². The van der Waals surface area contributed by atoms with Crippen molar-refractivity contribution in [1.82, 2.24) is 5.32 Å². The summed E-state index contributed by atoms with van der Waals surface area (Å²) in [5.41, 5.74) is 1.08. The molecular formula is C16H10N2O3S. The van der Waals surface area contributed by atoms with Crippen molar-refractivity contribution in [2.24, 2.45) is 0 Å². The summed E-state index contributed by atoms with van der Waals surface area (Å²) in [6.45, 7) is 0. The van der Waals surface area contributed by atoms with E-state index in [0.717, 1.165) is 4.90 Å². The Morgan fingerprint density at radius 2 is 1.59 bits per heavy atom. The molecule has 1 heterocycles. The number of nitrogens with zero attached hydrogens (tertiary/aromatic N) is 1. The smallest absolute Gasteiger partial charge is 0.298 e. The average Bonchev–Trinajstić information content (AvgIpc) is 2.80. The van der Waals surface area contributed by atoms with Crippen molar-refractivity contribution in [1.29, 1.82) is 0 Å². The number of thiocarbonyl (C=S) groups is 1. The molecule has 2 aromatic rings. The minimum atomic E-state index is -0.764. The maximum absolute atomic E-state index is 12.1. The van der Waals surface area contributed by atoms with Crippen molar-refractivity contribution in [3.8, 4) is 0 Å². The molecular weight excluding hydrogens is 300 g/mol. The number of rotatable bonds is 1. The molecule has 2 aromatic carbocycles. The molecule has 5 nitrogen and oxygen atoms in total. The quantitative estimate of drug-likeness (QED) is 0.645. The highest BCUT2D eigenvalue weighted by Gasteiger charge is 2.38. The van der Waals surface area contributed by atoms with E-state index in [0.29, 0.717) is 11.3 Å². The van der Waals surface area contributed by atoms with Gasteiger partial charge in [-0.1, -0.05) is 30.3 Å². The van der Waals surface area contributed by atoms with Gasteiger partial charge in [-0.25, -0.2) is 4.90 Å². The number of carbonyl (C=O) groups is 3. The first-order valence-electron chi connectivity index (χ1n) is 6.48. The van der Waals surface area contributed by atoms with Crippen LogP contribution >= 0.6 is 12.2 Å². The van der Waals surface area contributed by atoms with E-state index < -0.39 is 17.6 Å². The highest BCUT2D eigenvalue weighted by molar-refractivity contribution is 7.80. The maximum Gasteiger partial charge on any atom is 0.305 e. The van der Waals surface area contributed by atoms with E-state index in [9.17, 15) is 14.4 Å². The second kappa shape index (κ2) is 5.50. The van der Waals surface area contributed by atoms with Gasteiger partial charge in [0.1, 0.15) is 0 Å². The molecule has 2 amide bonds. The van der Waals surface area contributed by atoms with Crippen LogP contribution in [0.4, 0.5) is 5.69 Å². The number of Topliss-reactive ketones (excluding diaryl/α,β-unsaturated/α-hetero) is 1. The maximum atomic E-state index is 12.1. The molecule has 1 N–H and O–H groups in total. The second-order valence-electron chi connectivity index (χ2n) is 4.61. The zero-order chi connectivity index (χ0) is 15.7. The Bertz CT molecular complexity index is 802. The van der Waals surface area contributed by atoms with Crippen LogP contribution in [0.3, 0.4) is 0 Å². The molecule has 6 heteroatoms. The summed E-state index contributed by atoms with van der Waals surface area (Å²) in [7, 11) is 0. The van der Waals surface area contributed by atoms with Gasteiger partial charge in [-0.05, 0) is 36.5 Å². The van der Waals surface area contributed by atoms with Crippen molar-refractivity contribution < 1.29 is 14.4 Å². The van der Waals surface area contributed by atoms with Crippen molar-refractivity contribution in [3.63, 3.8) is 0 Å². The molecule has 0 saturated carbocycles. The largest absolute Gasteiger partial charge is 0.305 e. The number of nitrogens with one attached hydrogen (secondary N) is 1. The molecule has 0 aliphatic carbocycles. The minimum Gasteiger partial charge on any atom is -0.298 e. The number of hydrogen-bond donors (Lipinski definition) is 1. The van der Waals surface area contributed by atoms with Gasteiger partial charge in [-0.15, -0.1) is 0 Å². The first kappa shape index (κ1) is 14.1. The molecule has 0 radical (unpaired) electrons. The number of carbonyl (C=O) groups excluding carboxylic acids is 3. The Labute approximate surface area is 131 Å². The second-order valence-corrected chi connectivity index (χ2v) is 5.00. The van der Waals surface area contributed by atoms with Crippen LogP contribution in [0.1, 0.15) is 20.7 Å². The number of benzene rings is 2. The lowest BCUT2D eigenvalue weighted by molar-refractivity contribution is -0.113. The third kappa shape index (κ3) is 2.29. The molecule has 0 atom stereocenters. The zero-order valence-corrected chi connectivity index (χ0v) is 12.1. The van der Waals surface area contributed by atoms with Crippen LogP contribution in [0.15, 0.2) is 54.6 Å². The summed E-state index contributed by atoms with van der Waals surface area (Å²) in [6, 6.07) is 15.0. The molecule has 0 aromatic heterocycles. The molecule has 3 rings (SSSR count). The monoisotopic (exact) mass is 310 g/mol. The SMILES string of the molecule is O=C(NC(=S)N1C(=O)C(=O)c2ccccc21)c1ccccc1. The molecule has 0 bridgehead atoms. The molecule has 0 fully saturated rings. The van der Waals surface area contributed by atoms with Gasteiger partial charge >= 0.3 is 5.91 Å². The van der Waals surface area contributed by atoms with E-state index in [2.05, 4.69) is 5.32 Å². The lowest BCUT2D eigenvalue weighted by atomic mass is 10.1. The summed E-state index contributed by atoms with van der Waals surface area (Å²) in [5.74, 6) is -1.83. The Morgan fingerprint density at radius 1 is 0.955 bits per heavy atom. The third-order valence-electron chi connectivity index (χ3n) is 3.25. The van der Waals surface area contributed by atoms with E-state index in [4.69, 9.17) is 12.2 Å². The number of hydrogen-bond acceptors (Lipinski definition) is 4. The fourth-order valence-corrected chi connectivity index (χ4v) is 2.48. The van der Waals surface area contributed by atoms with E-state index in [1.807, 2.05) is 0 Å². The molecule has 0 saturated heterocycles. The Balaban J connectivity index is 1.86. The van der Waals surface area contributed by atoms with E-state index in [-0.39, 0.29) is 10.7 Å². The van der Waals surface area contributed by atoms with Crippen molar-refractivity contribution in [2.75, 3.05) is 4.90 Å². The van der Waals surface area contributed by atoms with E-state index in [1.54, 1.807) is 54.6 Å². The lowest BCUT2D eigenvalue weighted by Crippen LogP contribution is -2.45. The summed E-state index contributed by atoms with van der Waals surface area (Å²) in [4.78, 5) is 37.1. The summed E-state index contributed by atoms with van der Waals surface area (Å²) in [5, 5.41) is 2.36. The molecule has 22 heavy (non-hydrogen) atoms. The van der Waals surface area contributed by atoms with E-state index in [1.165, 1.54) is 0 Å². The van der Waals surface area contributed by atoms with Crippen molar-refractivity contribution in [2.45, 2.75) is 0 Å². The van der Waals surface area contributed by atoms with Crippen LogP contribution < -0.4 is 10.2 Å². The number of fused-ring (bicyclic) bond motifs is 1. The highest BCUT2D eigenvalue weighted by atomic mass is 32.1. The Hall–Kier alpha value is -2.86. The van der Waals surface area contributed by atoms with Gasteiger partial charge in [0, 0.05) is 5.56 Å². The van der Waals surface area contributed by atoms with Crippen LogP contribution in [0, 0.1) is 0 Å². The van der Waals surface area contributed by atoms with Crippen LogP contribution in [0.2, 0.25) is 0 Å². The normalized spacial score (nSPS) is 13.0. The lowest BCUT2D eigenvalue weighted by Gasteiger charge is -2.17. The standard InChI is InChI=1S/C16H10N2O3S/c19-13-11-8-4-5-9-12(11)18(15(13)21)16(22)17-14(20)10-6-2-1-3-7-10/h1-9H,(H,17,20,22). The summed E-state index contributed by atoms with van der Waals surface area (Å²) in [6.07, 6.45) is 0. The predicted octanol–water partition coefficient (Wildman–Crippen LogP) is 1.93. The summed E-state index contributed by atoms with van der Waals surface area (Å²) >= 11 is 5.12. The van der Waals surface area contributed by atoms with Crippen LogP contribution in [0.5, 0.6) is 0 Å². The Morgan fingerprint density at radius 3 is 2.32 bits per heavy atom. The number of anilines is 1. The van der Waals surface area contributed by atoms with Crippen LogP contribution in [-0.2, 0) is 4.79 Å². The van der Waals surface area contributed by atoms with Crippen molar-refractivity contribution >= 4 is 40.6 Å². The Kier molecular flexibility index (Phi) is 3.52. The van der Waals surface area contributed by atoms with Gasteiger partial charge in [0.15, 0.2) is 5.11 Å². The first-order chi connectivity index (χ1) is 10.6. The number of para-hydroxylation sites is 1. The molecule has 1 aliphatic rings. The van der Waals surface area contributed by atoms with Gasteiger partial charge in [-0.3, -0.25) is 19.7 Å². The van der Waals surface area contributed by atoms with Crippen LogP contribution in [-0.4, -0.2) is 22.7 Å². The molecule has 0 spiro atoms. The van der Waals surface area contributed by atoms with E-state index >= 15 is 0 Å². The number of ketones is 1. The molecule has 1 aliphatic heterocycles. The van der Waals surface area contributed by atoms with Gasteiger partial charge < -0.3 is 0 Å². The fraction of sp³-hybridized carbons (Fsp3) is 0. The molecule has 108 valence electrons. The van der Waals surface area contributed by atoms with Gasteiger partial charge in [0.2, 0.25) is 0 Å². The van der Waals surface area contributed by atoms with Crippen LogP contribution in [0.25, 0.3) is 0 Å². The average molecular weight is 310 g/mol. The van der Waals surface area contributed by atoms with Gasteiger partial charge in [0.25, 0.3) is 11.7 Å². The zero-order valence-electron chi connectivity index (χ0n) is 11.3. The minimum absolute atomic E-state index is 0.114. The van der Waals surface area contributed by atoms with Crippen molar-refractivity contribution in [3.05, 3.63) is 65.7 Å². The van der Waals surface area contributed by atoms with Gasteiger partial charge in [0.05, 0.1) is 11.3 Å². The fourth-order valence-electron chi connectivity index (χ4n) is 2.20. The predicted molar refractivity (Wildman–Crippen MR) is 84.8 cm³/mol. The highest BCUT2D eigenvalue weighted by Crippen LogP contribution is 2.28. The molecule has 0 unspecified atom stereocenters. The number of amides is 2. The first-order valence-corrected chi connectivity index (χ1v) is 6.88. The third-order valence-corrected chi connectivity index (χ3v) is 3.53. The van der Waals surface area contributed by atoms with Gasteiger partial charge in [-0.2, -0.15) is 0 Å².